The standard InChI is InChI=1S/C21H22N2O4/c1-26-18-10-14-8-9-22(13-15(14)11-19(18)27-2)17-12-20(24)23(21(17)25)16-6-4-3-5-7-16/h3-7,10-11,17H,8-9,12-13H2,1-2H3/p+1/t17-/m1/s1. The van der Waals surface area contributed by atoms with Crippen LogP contribution in [0, 0.1) is 0 Å². The van der Waals surface area contributed by atoms with Crippen LogP contribution < -0.4 is 19.3 Å². The summed E-state index contributed by atoms with van der Waals surface area (Å²) < 4.78 is 10.8. The number of benzene rings is 2. The molecule has 0 saturated carbocycles. The third kappa shape index (κ3) is 3.06. The number of carbonyl (C=O) groups is 2. The first-order chi connectivity index (χ1) is 13.1. The van der Waals surface area contributed by atoms with Gasteiger partial charge in [-0.25, -0.2) is 4.90 Å². The molecule has 6 heteroatoms. The predicted octanol–water partition coefficient (Wildman–Crippen LogP) is 0.977. The van der Waals surface area contributed by atoms with Crippen molar-refractivity contribution in [2.45, 2.75) is 25.4 Å². The highest BCUT2D eigenvalue weighted by atomic mass is 16.5. The van der Waals surface area contributed by atoms with E-state index in [0.717, 1.165) is 29.2 Å². The van der Waals surface area contributed by atoms with E-state index in [-0.39, 0.29) is 24.3 Å². The quantitative estimate of drug-likeness (QED) is 0.819. The summed E-state index contributed by atoms with van der Waals surface area (Å²) in [6.45, 7) is 1.51. The first-order valence-corrected chi connectivity index (χ1v) is 9.12. The summed E-state index contributed by atoms with van der Waals surface area (Å²) in [6, 6.07) is 12.8. The number of ether oxygens (including phenoxy) is 2. The minimum Gasteiger partial charge on any atom is -0.493 e. The molecular weight excluding hydrogens is 344 g/mol. The van der Waals surface area contributed by atoms with Crippen molar-refractivity contribution in [2.24, 2.45) is 0 Å². The minimum atomic E-state index is -0.334. The Kier molecular flexibility index (Phi) is 4.58. The molecule has 4 rings (SSSR count). The fourth-order valence-electron chi connectivity index (χ4n) is 4.09. The molecule has 0 radical (unpaired) electrons. The maximum Gasteiger partial charge on any atom is 0.292 e. The zero-order valence-corrected chi connectivity index (χ0v) is 15.5. The number of fused-ring (bicyclic) bond motifs is 1. The first kappa shape index (κ1) is 17.5. The van der Waals surface area contributed by atoms with E-state index in [4.69, 9.17) is 9.47 Å². The van der Waals surface area contributed by atoms with Crippen molar-refractivity contribution in [1.29, 1.82) is 0 Å². The summed E-state index contributed by atoms with van der Waals surface area (Å²) >= 11 is 0. The lowest BCUT2D eigenvalue weighted by atomic mass is 9.97. The van der Waals surface area contributed by atoms with Gasteiger partial charge in [0.2, 0.25) is 5.91 Å². The molecular formula is C21H23N2O4+. The molecule has 1 unspecified atom stereocenters. The van der Waals surface area contributed by atoms with Gasteiger partial charge in [-0.05, 0) is 29.8 Å². The van der Waals surface area contributed by atoms with Crippen LogP contribution in [0.1, 0.15) is 17.5 Å². The number of hydrogen-bond donors (Lipinski definition) is 1. The molecule has 2 heterocycles. The summed E-state index contributed by atoms with van der Waals surface area (Å²) in [7, 11) is 3.25. The summed E-state index contributed by atoms with van der Waals surface area (Å²) in [5.74, 6) is 1.19. The average Bonchev–Trinajstić information content (AvgIpc) is 3.01. The Balaban J connectivity index is 1.57. The molecule has 2 aliphatic heterocycles. The molecule has 0 aromatic heterocycles. The number of carbonyl (C=O) groups excluding carboxylic acids is 2. The van der Waals surface area contributed by atoms with E-state index in [1.807, 2.05) is 30.3 Å². The largest absolute Gasteiger partial charge is 0.493 e. The van der Waals surface area contributed by atoms with Crippen LogP contribution in [0.3, 0.4) is 0 Å². The van der Waals surface area contributed by atoms with Crippen LogP contribution in [-0.4, -0.2) is 38.6 Å². The number of rotatable bonds is 4. The number of amides is 2. The number of anilines is 1. The van der Waals surface area contributed by atoms with Gasteiger partial charge in [-0.15, -0.1) is 0 Å². The number of methoxy groups -OCH3 is 2. The zero-order valence-electron chi connectivity index (χ0n) is 15.5. The Morgan fingerprint density at radius 2 is 1.67 bits per heavy atom. The van der Waals surface area contributed by atoms with Crippen LogP contribution in [0.4, 0.5) is 5.69 Å². The van der Waals surface area contributed by atoms with Crippen LogP contribution in [-0.2, 0) is 22.6 Å². The molecule has 1 fully saturated rings. The van der Waals surface area contributed by atoms with E-state index in [1.165, 1.54) is 10.5 Å². The third-order valence-electron chi connectivity index (χ3n) is 5.49. The topological polar surface area (TPSA) is 60.3 Å². The smallest absolute Gasteiger partial charge is 0.292 e. The summed E-state index contributed by atoms with van der Waals surface area (Å²) in [4.78, 5) is 28.0. The second-order valence-corrected chi connectivity index (χ2v) is 6.97. The molecule has 0 bridgehead atoms. The maximum atomic E-state index is 13.0. The second-order valence-electron chi connectivity index (χ2n) is 6.97. The van der Waals surface area contributed by atoms with Gasteiger partial charge in [0.05, 0.1) is 32.9 Å². The van der Waals surface area contributed by atoms with Gasteiger partial charge < -0.3 is 14.4 Å². The van der Waals surface area contributed by atoms with E-state index in [2.05, 4.69) is 0 Å². The number of nitrogens with zero attached hydrogens (tertiary/aromatic N) is 1. The Labute approximate surface area is 158 Å². The van der Waals surface area contributed by atoms with Crippen molar-refractivity contribution < 1.29 is 24.0 Å². The number of para-hydroxylation sites is 1. The van der Waals surface area contributed by atoms with E-state index < -0.39 is 0 Å². The highest BCUT2D eigenvalue weighted by molar-refractivity contribution is 6.21. The van der Waals surface area contributed by atoms with Crippen molar-refractivity contribution in [3.8, 4) is 11.5 Å². The van der Waals surface area contributed by atoms with E-state index in [9.17, 15) is 9.59 Å². The molecule has 2 atom stereocenters. The molecule has 2 amide bonds. The Hall–Kier alpha value is -2.86. The fourth-order valence-corrected chi connectivity index (χ4v) is 4.09. The van der Waals surface area contributed by atoms with Crippen molar-refractivity contribution in [1.82, 2.24) is 0 Å². The monoisotopic (exact) mass is 367 g/mol. The number of nitrogens with one attached hydrogen (secondary N) is 1. The number of hydrogen-bond acceptors (Lipinski definition) is 4. The molecule has 0 spiro atoms. The highest BCUT2D eigenvalue weighted by Gasteiger charge is 2.46. The van der Waals surface area contributed by atoms with Crippen molar-refractivity contribution in [3.63, 3.8) is 0 Å². The minimum absolute atomic E-state index is 0.106. The molecule has 1 N–H and O–H groups in total. The Morgan fingerprint density at radius 3 is 2.33 bits per heavy atom. The van der Waals surface area contributed by atoms with Crippen LogP contribution in [0.5, 0.6) is 11.5 Å². The first-order valence-electron chi connectivity index (χ1n) is 9.12. The van der Waals surface area contributed by atoms with Crippen LogP contribution in [0.25, 0.3) is 0 Å². The zero-order chi connectivity index (χ0) is 19.0. The van der Waals surface area contributed by atoms with E-state index >= 15 is 0 Å². The normalized spacial score (nSPS) is 21.9. The molecule has 140 valence electrons. The predicted molar refractivity (Wildman–Crippen MR) is 100 cm³/mol. The molecule has 1 saturated heterocycles. The van der Waals surface area contributed by atoms with E-state index in [0.29, 0.717) is 18.0 Å². The second kappa shape index (κ2) is 7.04. The van der Waals surface area contributed by atoms with Crippen molar-refractivity contribution in [2.75, 3.05) is 25.7 Å². The third-order valence-corrected chi connectivity index (χ3v) is 5.49. The number of imide groups is 1. The van der Waals surface area contributed by atoms with Gasteiger partial charge in [0, 0.05) is 12.0 Å². The highest BCUT2D eigenvalue weighted by Crippen LogP contribution is 2.31. The Morgan fingerprint density at radius 1 is 1.00 bits per heavy atom. The molecule has 6 nitrogen and oxygen atoms in total. The van der Waals surface area contributed by atoms with Gasteiger partial charge in [0.15, 0.2) is 17.5 Å². The summed E-state index contributed by atoms with van der Waals surface area (Å²) in [5, 5.41) is 0. The maximum absolute atomic E-state index is 13.0. The average molecular weight is 367 g/mol. The van der Waals surface area contributed by atoms with Gasteiger partial charge in [0.1, 0.15) is 6.54 Å². The molecule has 27 heavy (non-hydrogen) atoms. The van der Waals surface area contributed by atoms with Crippen LogP contribution >= 0.6 is 0 Å². The van der Waals surface area contributed by atoms with Gasteiger partial charge in [0.25, 0.3) is 5.91 Å². The molecule has 2 aromatic carbocycles. The molecule has 0 aliphatic carbocycles. The summed E-state index contributed by atoms with van der Waals surface area (Å²) in [6.07, 6.45) is 1.10. The van der Waals surface area contributed by atoms with Gasteiger partial charge in [-0.2, -0.15) is 0 Å². The van der Waals surface area contributed by atoms with Crippen LogP contribution in [0.2, 0.25) is 0 Å². The van der Waals surface area contributed by atoms with Gasteiger partial charge in [-0.1, -0.05) is 18.2 Å². The number of quaternary nitrogens is 1. The molecule has 2 aliphatic rings. The van der Waals surface area contributed by atoms with Crippen molar-refractivity contribution >= 4 is 17.5 Å². The Bertz CT molecular complexity index is 881. The lowest BCUT2D eigenvalue weighted by molar-refractivity contribution is -0.930. The molecule has 2 aromatic rings. The lowest BCUT2D eigenvalue weighted by Gasteiger charge is -2.30. The van der Waals surface area contributed by atoms with Gasteiger partial charge in [-0.3, -0.25) is 9.59 Å². The summed E-state index contributed by atoms with van der Waals surface area (Å²) in [5.41, 5.74) is 3.01. The van der Waals surface area contributed by atoms with Crippen LogP contribution in [0.15, 0.2) is 42.5 Å². The van der Waals surface area contributed by atoms with Crippen molar-refractivity contribution in [3.05, 3.63) is 53.6 Å². The van der Waals surface area contributed by atoms with E-state index in [1.54, 1.807) is 26.4 Å². The SMILES string of the molecule is COc1cc2c(cc1OC)C[NH+]([C@@H]1CC(=O)N(c3ccccc3)C1=O)CC2. The fraction of sp³-hybridized carbons (Fsp3) is 0.333. The van der Waals surface area contributed by atoms with Gasteiger partial charge >= 0.3 is 0 Å². The lowest BCUT2D eigenvalue weighted by Crippen LogP contribution is -3.16.